The molecule has 0 saturated heterocycles. The molecule has 0 spiro atoms. The molecule has 19 heavy (non-hydrogen) atoms. The first-order chi connectivity index (χ1) is 9.20. The fourth-order valence-electron chi connectivity index (χ4n) is 2.07. The maximum atomic E-state index is 10.8. The van der Waals surface area contributed by atoms with Crippen LogP contribution in [0.3, 0.4) is 0 Å². The minimum atomic E-state index is -0.818. The van der Waals surface area contributed by atoms with Crippen molar-refractivity contribution < 1.29 is 19.2 Å². The molecule has 1 aliphatic carbocycles. The number of hydrogen-bond donors (Lipinski definition) is 1. The van der Waals surface area contributed by atoms with Crippen molar-refractivity contribution in [1.82, 2.24) is 10.1 Å². The highest BCUT2D eigenvalue weighted by Crippen LogP contribution is 2.47. The maximum Gasteiger partial charge on any atom is 0.307 e. The van der Waals surface area contributed by atoms with Gasteiger partial charge in [0.1, 0.15) is 5.75 Å². The van der Waals surface area contributed by atoms with Crippen molar-refractivity contribution in [2.24, 2.45) is 5.92 Å². The highest BCUT2D eigenvalue weighted by Gasteiger charge is 2.48. The average molecular weight is 260 g/mol. The highest BCUT2D eigenvalue weighted by molar-refractivity contribution is 5.74. The molecule has 1 aromatic heterocycles. The number of aliphatic carboxylic acids is 1. The van der Waals surface area contributed by atoms with Gasteiger partial charge in [0.05, 0.1) is 24.5 Å². The van der Waals surface area contributed by atoms with Gasteiger partial charge in [-0.15, -0.1) is 0 Å². The van der Waals surface area contributed by atoms with E-state index in [2.05, 4.69) is 10.1 Å². The van der Waals surface area contributed by atoms with Gasteiger partial charge in [-0.3, -0.25) is 4.79 Å². The van der Waals surface area contributed by atoms with Crippen LogP contribution in [-0.4, -0.2) is 28.3 Å². The van der Waals surface area contributed by atoms with Crippen molar-refractivity contribution in [2.45, 2.75) is 12.3 Å². The topological polar surface area (TPSA) is 85.5 Å². The first kappa shape index (κ1) is 11.7. The molecule has 3 rings (SSSR count). The lowest BCUT2D eigenvalue weighted by molar-refractivity contribution is -0.138. The quantitative estimate of drug-likeness (QED) is 0.904. The maximum absolute atomic E-state index is 10.8. The number of aromatic nitrogens is 2. The second kappa shape index (κ2) is 4.38. The second-order valence-corrected chi connectivity index (χ2v) is 4.44. The van der Waals surface area contributed by atoms with Gasteiger partial charge < -0.3 is 14.4 Å². The summed E-state index contributed by atoms with van der Waals surface area (Å²) in [4.78, 5) is 15.1. The number of rotatable bonds is 4. The van der Waals surface area contributed by atoms with Gasteiger partial charge in [0, 0.05) is 0 Å². The molecule has 6 nitrogen and oxygen atoms in total. The molecule has 2 atom stereocenters. The number of benzene rings is 1. The molecule has 1 aromatic carbocycles. The van der Waals surface area contributed by atoms with E-state index in [0.29, 0.717) is 23.9 Å². The molecule has 2 aromatic rings. The number of methoxy groups -OCH3 is 1. The Bertz CT molecular complexity index is 623. The fourth-order valence-corrected chi connectivity index (χ4v) is 2.07. The molecule has 1 fully saturated rings. The first-order valence-electron chi connectivity index (χ1n) is 5.90. The normalized spacial score (nSPS) is 21.1. The molecular formula is C13H12N2O4. The van der Waals surface area contributed by atoms with Crippen molar-refractivity contribution in [3.8, 4) is 17.1 Å². The zero-order valence-electron chi connectivity index (χ0n) is 10.2. The van der Waals surface area contributed by atoms with Crippen LogP contribution in [0, 0.1) is 5.92 Å². The van der Waals surface area contributed by atoms with E-state index in [-0.39, 0.29) is 5.92 Å². The predicted molar refractivity (Wildman–Crippen MR) is 64.8 cm³/mol. The van der Waals surface area contributed by atoms with E-state index in [1.165, 1.54) is 0 Å². The summed E-state index contributed by atoms with van der Waals surface area (Å²) in [5.41, 5.74) is 0.729. The van der Waals surface area contributed by atoms with E-state index in [1.54, 1.807) is 7.11 Å². The third-order valence-corrected chi connectivity index (χ3v) is 3.21. The number of nitrogens with zero attached hydrogens (tertiary/aromatic N) is 2. The van der Waals surface area contributed by atoms with E-state index in [0.717, 1.165) is 5.56 Å². The van der Waals surface area contributed by atoms with E-state index >= 15 is 0 Å². The van der Waals surface area contributed by atoms with Crippen LogP contribution >= 0.6 is 0 Å². The van der Waals surface area contributed by atoms with Gasteiger partial charge in [0.15, 0.2) is 0 Å². The van der Waals surface area contributed by atoms with Gasteiger partial charge in [-0.05, 0) is 18.6 Å². The lowest BCUT2D eigenvalue weighted by Gasteiger charge is -2.02. The molecule has 0 amide bonds. The molecule has 1 aliphatic rings. The minimum Gasteiger partial charge on any atom is -0.496 e. The standard InChI is InChI=1S/C13H12N2O4/c1-18-10-5-3-2-4-7(10)11-14-12(19-15-11)8-6-9(8)13(16)17/h2-5,8-9H,6H2,1H3,(H,16,17). The molecule has 1 N–H and O–H groups in total. The zero-order chi connectivity index (χ0) is 13.4. The van der Waals surface area contributed by atoms with Crippen molar-refractivity contribution in [3.63, 3.8) is 0 Å². The van der Waals surface area contributed by atoms with Crippen LogP contribution in [0.25, 0.3) is 11.4 Å². The molecule has 1 saturated carbocycles. The smallest absolute Gasteiger partial charge is 0.307 e. The molecule has 6 heteroatoms. The monoisotopic (exact) mass is 260 g/mol. The lowest BCUT2D eigenvalue weighted by atomic mass is 10.2. The summed E-state index contributed by atoms with van der Waals surface area (Å²) in [6.45, 7) is 0. The van der Waals surface area contributed by atoms with Gasteiger partial charge in [-0.2, -0.15) is 4.98 Å². The van der Waals surface area contributed by atoms with Crippen LogP contribution in [0.2, 0.25) is 0 Å². The largest absolute Gasteiger partial charge is 0.496 e. The Balaban J connectivity index is 1.88. The summed E-state index contributed by atoms with van der Waals surface area (Å²) in [5.74, 6) is 0.0821. The zero-order valence-corrected chi connectivity index (χ0v) is 10.2. The number of carbonyl (C=O) groups is 1. The van der Waals surface area contributed by atoms with Crippen LogP contribution in [0.4, 0.5) is 0 Å². The number of carboxylic acids is 1. The summed E-state index contributed by atoms with van der Waals surface area (Å²) in [7, 11) is 1.57. The Labute approximate surface area is 109 Å². The summed E-state index contributed by atoms with van der Waals surface area (Å²) in [5, 5.41) is 12.8. The van der Waals surface area contributed by atoms with Crippen LogP contribution in [-0.2, 0) is 4.79 Å². The first-order valence-corrected chi connectivity index (χ1v) is 5.90. The van der Waals surface area contributed by atoms with Crippen molar-refractivity contribution in [2.75, 3.05) is 7.11 Å². The predicted octanol–water partition coefficient (Wildman–Crippen LogP) is 1.93. The van der Waals surface area contributed by atoms with E-state index in [9.17, 15) is 4.79 Å². The molecule has 1 heterocycles. The van der Waals surface area contributed by atoms with E-state index < -0.39 is 11.9 Å². The SMILES string of the molecule is COc1ccccc1-c1noc(C2CC2C(=O)O)n1. The highest BCUT2D eigenvalue weighted by atomic mass is 16.5. The van der Waals surface area contributed by atoms with Gasteiger partial charge in [0.25, 0.3) is 0 Å². The molecule has 98 valence electrons. The average Bonchev–Trinajstić information content (AvgIpc) is 3.09. The van der Waals surface area contributed by atoms with E-state index in [4.69, 9.17) is 14.4 Å². The summed E-state index contributed by atoms with van der Waals surface area (Å²) >= 11 is 0. The number of ether oxygens (including phenoxy) is 1. The lowest BCUT2D eigenvalue weighted by Crippen LogP contribution is -1.99. The summed E-state index contributed by atoms with van der Waals surface area (Å²) in [6.07, 6.45) is 0.558. The molecular weight excluding hydrogens is 248 g/mol. The fraction of sp³-hybridized carbons (Fsp3) is 0.308. The third kappa shape index (κ3) is 2.05. The molecule has 0 aliphatic heterocycles. The third-order valence-electron chi connectivity index (χ3n) is 3.21. The summed E-state index contributed by atoms with van der Waals surface area (Å²) in [6, 6.07) is 7.34. The summed E-state index contributed by atoms with van der Waals surface area (Å²) < 4.78 is 10.4. The number of para-hydroxylation sites is 1. The van der Waals surface area contributed by atoms with Crippen LogP contribution in [0.15, 0.2) is 28.8 Å². The number of carboxylic acid groups (broad SMARTS) is 1. The Kier molecular flexibility index (Phi) is 2.70. The Hall–Kier alpha value is -2.37. The molecule has 2 unspecified atom stereocenters. The Morgan fingerprint density at radius 2 is 2.26 bits per heavy atom. The van der Waals surface area contributed by atoms with Crippen LogP contribution in [0.5, 0.6) is 5.75 Å². The second-order valence-electron chi connectivity index (χ2n) is 4.44. The van der Waals surface area contributed by atoms with Crippen molar-refractivity contribution in [1.29, 1.82) is 0 Å². The van der Waals surface area contributed by atoms with Crippen LogP contribution in [0.1, 0.15) is 18.2 Å². The number of hydrogen-bond acceptors (Lipinski definition) is 5. The minimum absolute atomic E-state index is 0.159. The Morgan fingerprint density at radius 3 is 2.95 bits per heavy atom. The molecule has 0 radical (unpaired) electrons. The van der Waals surface area contributed by atoms with Gasteiger partial charge >= 0.3 is 5.97 Å². The van der Waals surface area contributed by atoms with Gasteiger partial charge in [0.2, 0.25) is 11.7 Å². The van der Waals surface area contributed by atoms with Crippen molar-refractivity contribution in [3.05, 3.63) is 30.2 Å². The van der Waals surface area contributed by atoms with E-state index in [1.807, 2.05) is 24.3 Å². The van der Waals surface area contributed by atoms with Crippen molar-refractivity contribution >= 4 is 5.97 Å². The van der Waals surface area contributed by atoms with Crippen LogP contribution < -0.4 is 4.74 Å². The van der Waals surface area contributed by atoms with Gasteiger partial charge in [-0.1, -0.05) is 17.3 Å². The van der Waals surface area contributed by atoms with Gasteiger partial charge in [-0.25, -0.2) is 0 Å². The Morgan fingerprint density at radius 1 is 1.47 bits per heavy atom. The molecule has 0 bridgehead atoms.